The van der Waals surface area contributed by atoms with E-state index in [0.29, 0.717) is 178 Å². The van der Waals surface area contributed by atoms with Crippen LogP contribution in [0.4, 0.5) is 10.5 Å². The lowest BCUT2D eigenvalue weighted by Crippen LogP contribution is -2.54. The summed E-state index contributed by atoms with van der Waals surface area (Å²) in [6.07, 6.45) is 7.93. The number of phenolic OH excluding ortho intramolecular Hbond substituents is 1. The van der Waals surface area contributed by atoms with Crippen molar-refractivity contribution in [2.45, 2.75) is 129 Å². The van der Waals surface area contributed by atoms with E-state index in [2.05, 4.69) is 36.9 Å². The third kappa shape index (κ3) is 26.5. The van der Waals surface area contributed by atoms with Crippen molar-refractivity contribution in [2.24, 2.45) is 17.6 Å². The minimum Gasteiger partial charge on any atom is -0.508 e. The third-order valence-electron chi connectivity index (χ3n) is 20.2. The topological polar surface area (TPSA) is 440 Å². The number of phenols is 1. The van der Waals surface area contributed by atoms with Crippen LogP contribution in [0.25, 0.3) is 22.3 Å². The molecule has 0 bridgehead atoms. The standard InChI is InChI=1S/C82H106N12O23/c1-3-62-63-45-61(95)21-22-67(63)88-75-64(62)50-93-70(75)46-66-65(79(93)103)52-115-80(104)82(66,4-2)117-81(105)116-51-57-15-19-59(20-16-57)86-77(101)68(12-8-9-25-83)89-78(102)69(44-55-10-6-5-7-11-55)87-72(97)54-114-53-71(96)84-26-28-106-30-32-108-34-36-110-38-40-112-42-43-113-41-39-111-37-35-109-33-31-107-29-27-92-49-60(90-91-92)47-85-76(100)58-17-13-56(14-18-58)48-94-73(98)23-24-74(94)99/h5-7,10-11,15-16,19-24,45-46,49,56,58,68-69,95H,3-4,8-9,12-14,17-18,25-44,47-48,50-54,83H2,1-2H3,(H,84,96)(H,85,100)(H,86,101)(H,87,97)(H,89,102)/t56?,58?,68-,69-,82-/m0/s1. The molecule has 0 unspecified atom stereocenters. The largest absolute Gasteiger partial charge is 0.510 e. The summed E-state index contributed by atoms with van der Waals surface area (Å²) in [5, 5.41) is 33.3. The Kier molecular flexibility index (Phi) is 35.3. The Labute approximate surface area is 676 Å². The molecule has 632 valence electrons. The number of carbonyl (C=O) groups is 9. The Bertz CT molecular complexity index is 4380. The molecule has 6 heterocycles. The van der Waals surface area contributed by atoms with Gasteiger partial charge in [0.1, 0.15) is 50.0 Å². The Balaban J connectivity index is 0.522. The van der Waals surface area contributed by atoms with E-state index in [9.17, 15) is 53.1 Å². The minimum atomic E-state index is -2.03. The Hall–Kier alpha value is -10.5. The number of unbranched alkanes of at least 4 members (excludes halogenated alkanes) is 1. The number of nitrogens with zero attached hydrogens (tertiary/aromatic N) is 6. The number of benzene rings is 3. The van der Waals surface area contributed by atoms with Crippen LogP contribution >= 0.6 is 0 Å². The number of fused-ring (bicyclic) bond motifs is 5. The van der Waals surface area contributed by atoms with Crippen molar-refractivity contribution in [3.63, 3.8) is 0 Å². The first-order valence-electron chi connectivity index (χ1n) is 39.8. The summed E-state index contributed by atoms with van der Waals surface area (Å²) in [4.78, 5) is 138. The van der Waals surface area contributed by atoms with E-state index >= 15 is 0 Å². The first kappa shape index (κ1) is 88.9. The molecule has 6 aromatic rings. The van der Waals surface area contributed by atoms with Gasteiger partial charge in [-0.1, -0.05) is 61.5 Å². The summed E-state index contributed by atoms with van der Waals surface area (Å²) in [6.45, 7) is 9.79. The van der Waals surface area contributed by atoms with Gasteiger partial charge in [0.05, 0.1) is 154 Å². The number of hydrogen-bond acceptors (Lipinski definition) is 27. The molecule has 35 heteroatoms. The van der Waals surface area contributed by atoms with E-state index in [1.807, 2.05) is 13.0 Å². The number of cyclic esters (lactones) is 1. The quantitative estimate of drug-likeness (QED) is 0.0161. The number of carbonyl (C=O) groups excluding carboxylic acids is 9. The van der Waals surface area contributed by atoms with Crippen LogP contribution in [0.15, 0.2) is 102 Å². The van der Waals surface area contributed by atoms with E-state index in [4.69, 9.17) is 67.6 Å². The molecule has 0 saturated heterocycles. The number of aromatic hydroxyl groups is 1. The molecule has 10 rings (SSSR count). The smallest absolute Gasteiger partial charge is 0.508 e. The zero-order valence-electron chi connectivity index (χ0n) is 66.2. The maximum absolute atomic E-state index is 14.2. The molecule has 4 aliphatic rings. The minimum absolute atomic E-state index is 0.0305. The number of amides is 7. The van der Waals surface area contributed by atoms with Crippen molar-refractivity contribution in [2.75, 3.05) is 144 Å². The lowest BCUT2D eigenvalue weighted by atomic mass is 9.81. The molecule has 3 aromatic carbocycles. The van der Waals surface area contributed by atoms with Crippen LogP contribution in [-0.2, 0) is 146 Å². The van der Waals surface area contributed by atoms with E-state index in [0.717, 1.165) is 34.9 Å². The van der Waals surface area contributed by atoms with Gasteiger partial charge >= 0.3 is 12.1 Å². The van der Waals surface area contributed by atoms with Gasteiger partial charge in [0.15, 0.2) is 0 Å². The van der Waals surface area contributed by atoms with Gasteiger partial charge in [-0.15, -0.1) is 5.10 Å². The fraction of sp³-hybridized carbons (Fsp3) is 0.524. The highest BCUT2D eigenvalue weighted by Gasteiger charge is 2.51. The molecule has 117 heavy (non-hydrogen) atoms. The van der Waals surface area contributed by atoms with E-state index < -0.39 is 72.2 Å². The van der Waals surface area contributed by atoms with Crippen LogP contribution < -0.4 is 37.9 Å². The maximum Gasteiger partial charge on any atom is 0.510 e. The number of esters is 1. The number of hydrogen-bond donors (Lipinski definition) is 7. The van der Waals surface area contributed by atoms with Crippen LogP contribution in [0.1, 0.15) is 104 Å². The van der Waals surface area contributed by atoms with Gasteiger partial charge in [0.25, 0.3) is 17.4 Å². The number of ether oxygens (including phenoxy) is 12. The zero-order chi connectivity index (χ0) is 82.7. The van der Waals surface area contributed by atoms with Gasteiger partial charge in [-0.3, -0.25) is 43.3 Å². The highest BCUT2D eigenvalue weighted by Crippen LogP contribution is 2.43. The first-order chi connectivity index (χ1) is 56.9. The number of rotatable bonds is 52. The molecule has 3 aliphatic heterocycles. The highest BCUT2D eigenvalue weighted by molar-refractivity contribution is 6.13. The van der Waals surface area contributed by atoms with Gasteiger partial charge in [-0.05, 0) is 123 Å². The highest BCUT2D eigenvalue weighted by atomic mass is 16.7. The average Bonchev–Trinajstić information content (AvgIpc) is 1.59. The second kappa shape index (κ2) is 46.5. The molecule has 1 saturated carbocycles. The van der Waals surface area contributed by atoms with E-state index in [1.54, 1.807) is 89.1 Å². The van der Waals surface area contributed by atoms with Gasteiger partial charge in [0, 0.05) is 59.8 Å². The summed E-state index contributed by atoms with van der Waals surface area (Å²) >= 11 is 0. The number of nitrogens with two attached hydrogens (primary N) is 1. The fourth-order valence-corrected chi connectivity index (χ4v) is 13.9. The van der Waals surface area contributed by atoms with E-state index in [1.165, 1.54) is 23.1 Å². The second-order valence-corrected chi connectivity index (χ2v) is 28.3. The normalized spacial score (nSPS) is 16.6. The number of aryl methyl sites for hydroxylation is 1. The molecular weight excluding hydrogens is 1520 g/mol. The molecule has 1 aliphatic carbocycles. The van der Waals surface area contributed by atoms with Crippen molar-refractivity contribution in [1.82, 2.24) is 50.7 Å². The Morgan fingerprint density at radius 1 is 0.667 bits per heavy atom. The molecule has 3 atom stereocenters. The van der Waals surface area contributed by atoms with Crippen molar-refractivity contribution in [3.05, 3.63) is 147 Å². The summed E-state index contributed by atoms with van der Waals surface area (Å²) in [5.41, 5.74) is 9.19. The van der Waals surface area contributed by atoms with Crippen LogP contribution in [0, 0.1) is 11.8 Å². The molecule has 8 N–H and O–H groups in total. The molecular formula is C82H106N12O23. The Morgan fingerprint density at radius 2 is 1.30 bits per heavy atom. The molecule has 0 radical (unpaired) electrons. The number of nitrogens with one attached hydrogen (secondary N) is 5. The predicted molar refractivity (Wildman–Crippen MR) is 420 cm³/mol. The van der Waals surface area contributed by atoms with Crippen molar-refractivity contribution < 1.29 is 105 Å². The number of pyridine rings is 2. The van der Waals surface area contributed by atoms with Crippen molar-refractivity contribution >= 4 is 70.1 Å². The molecule has 1 fully saturated rings. The second-order valence-electron chi connectivity index (χ2n) is 28.3. The van der Waals surface area contributed by atoms with Crippen molar-refractivity contribution in [3.8, 4) is 17.1 Å². The number of anilines is 1. The summed E-state index contributed by atoms with van der Waals surface area (Å²) in [5.74, 6) is -3.65. The van der Waals surface area contributed by atoms with Gasteiger partial charge in [-0.2, -0.15) is 0 Å². The predicted octanol–water partition coefficient (Wildman–Crippen LogP) is 3.89. The van der Waals surface area contributed by atoms with Gasteiger partial charge in [-0.25, -0.2) is 19.3 Å². The summed E-state index contributed by atoms with van der Waals surface area (Å²) < 4.78 is 70.1. The lowest BCUT2D eigenvalue weighted by Gasteiger charge is -2.35. The van der Waals surface area contributed by atoms with Gasteiger partial charge in [0.2, 0.25) is 35.1 Å². The van der Waals surface area contributed by atoms with Crippen LogP contribution in [-0.4, -0.2) is 239 Å². The fourth-order valence-electron chi connectivity index (χ4n) is 13.9. The summed E-state index contributed by atoms with van der Waals surface area (Å²) in [6, 6.07) is 19.6. The van der Waals surface area contributed by atoms with Crippen LogP contribution in [0.5, 0.6) is 5.75 Å². The van der Waals surface area contributed by atoms with Crippen LogP contribution in [0.2, 0.25) is 0 Å². The third-order valence-corrected chi connectivity index (χ3v) is 20.2. The zero-order valence-corrected chi connectivity index (χ0v) is 66.2. The summed E-state index contributed by atoms with van der Waals surface area (Å²) in [7, 11) is 0. The number of aromatic nitrogens is 5. The molecule has 0 spiro atoms. The molecule has 3 aromatic heterocycles. The monoisotopic (exact) mass is 1630 g/mol. The maximum atomic E-state index is 14.2. The average molecular weight is 1630 g/mol. The SMILES string of the molecule is CCc1c2c(nc3ccc(O)cc13)-c1cc3c(c(=O)n1C2)COC(=O)[C@@]3(CC)OC(=O)OCc1ccc(NC(=O)[C@H](CCCCN)NC(=O)[C@H](Cc2ccccc2)NC(=O)COCC(=O)NCCOCCOCCOCCOCCOCCOCCOCCOCCn2cc(CNC(=O)C3CCC(CN4C(=O)C=CC4=O)CC3)nn2)cc1. The number of imide groups is 1. The van der Waals surface area contributed by atoms with Crippen molar-refractivity contribution in [1.29, 1.82) is 0 Å². The van der Waals surface area contributed by atoms with Crippen LogP contribution in [0.3, 0.4) is 0 Å². The Morgan fingerprint density at radius 3 is 1.93 bits per heavy atom. The molecule has 35 nitrogen and oxygen atoms in total. The first-order valence-corrected chi connectivity index (χ1v) is 39.8. The molecule has 7 amide bonds. The van der Waals surface area contributed by atoms with Gasteiger partial charge < -0.3 is 98.8 Å². The lowest BCUT2D eigenvalue weighted by molar-refractivity contribution is -0.175. The van der Waals surface area contributed by atoms with E-state index in [-0.39, 0.29) is 112 Å².